The van der Waals surface area contributed by atoms with Crippen LogP contribution in [0.2, 0.25) is 0 Å². The molecular formula is C16H24N4O3. The van der Waals surface area contributed by atoms with Gasteiger partial charge in [0.1, 0.15) is 0 Å². The molecule has 0 radical (unpaired) electrons. The first kappa shape index (κ1) is 18.5. The van der Waals surface area contributed by atoms with E-state index >= 15 is 0 Å². The quantitative estimate of drug-likeness (QED) is 0.690. The molecule has 0 aliphatic rings. The van der Waals surface area contributed by atoms with E-state index in [0.29, 0.717) is 11.7 Å². The molecule has 0 aliphatic heterocycles. The molecule has 0 bridgehead atoms. The fourth-order valence-electron chi connectivity index (χ4n) is 1.75. The van der Waals surface area contributed by atoms with Crippen molar-refractivity contribution < 1.29 is 14.4 Å². The third kappa shape index (κ3) is 6.82. The van der Waals surface area contributed by atoms with Crippen LogP contribution in [0.5, 0.6) is 0 Å². The molecule has 3 amide bonds. The average molecular weight is 320 g/mol. The summed E-state index contributed by atoms with van der Waals surface area (Å²) in [6.07, 6.45) is 0. The van der Waals surface area contributed by atoms with E-state index in [1.807, 2.05) is 25.2 Å². The Morgan fingerprint density at radius 3 is 2.35 bits per heavy atom. The maximum absolute atomic E-state index is 11.8. The predicted molar refractivity (Wildman–Crippen MR) is 90.3 cm³/mol. The van der Waals surface area contributed by atoms with Gasteiger partial charge in [-0.05, 0) is 32.0 Å². The molecule has 0 aromatic heterocycles. The lowest BCUT2D eigenvalue weighted by molar-refractivity contribution is -0.126. The Kier molecular flexibility index (Phi) is 7.05. The van der Waals surface area contributed by atoms with E-state index in [1.165, 1.54) is 6.92 Å². The van der Waals surface area contributed by atoms with Crippen LogP contribution >= 0.6 is 0 Å². The van der Waals surface area contributed by atoms with Crippen LogP contribution in [0.3, 0.4) is 0 Å². The van der Waals surface area contributed by atoms with Gasteiger partial charge in [0.05, 0.1) is 13.1 Å². The third-order valence-corrected chi connectivity index (χ3v) is 3.26. The van der Waals surface area contributed by atoms with Gasteiger partial charge in [0.25, 0.3) is 0 Å². The Labute approximate surface area is 136 Å². The number of nitrogens with one attached hydrogen (secondary N) is 3. The number of hydrogen-bond acceptors (Lipinski definition) is 4. The first-order valence-corrected chi connectivity index (χ1v) is 7.43. The summed E-state index contributed by atoms with van der Waals surface area (Å²) < 4.78 is 0. The summed E-state index contributed by atoms with van der Waals surface area (Å²) in [5, 5.41) is 7.53. The number of rotatable bonds is 7. The Morgan fingerprint density at radius 1 is 1.09 bits per heavy atom. The second kappa shape index (κ2) is 8.77. The zero-order valence-corrected chi connectivity index (χ0v) is 14.0. The fourth-order valence-corrected chi connectivity index (χ4v) is 1.75. The predicted octanol–water partition coefficient (Wildman–Crippen LogP) is 0.722. The summed E-state index contributed by atoms with van der Waals surface area (Å²) in [7, 11) is 1.98. The van der Waals surface area contributed by atoms with Crippen LogP contribution in [0, 0.1) is 0 Å². The maximum atomic E-state index is 11.8. The number of carbonyl (C=O) groups is 3. The molecule has 0 saturated carbocycles. The fraction of sp³-hybridized carbons (Fsp3) is 0.438. The standard InChI is InChI=1S/C16H24N4O3/c1-11(2)20(4)14-7-5-6-13(8-14)19-16(23)10-18-15(22)9-17-12(3)21/h5-8,11H,9-10H2,1-4H3,(H,17,21)(H,18,22)(H,19,23). The van der Waals surface area contributed by atoms with Gasteiger partial charge in [-0.15, -0.1) is 0 Å². The summed E-state index contributed by atoms with van der Waals surface area (Å²) in [6, 6.07) is 7.82. The minimum atomic E-state index is -0.413. The number of hydrogen-bond donors (Lipinski definition) is 3. The molecule has 0 spiro atoms. The Morgan fingerprint density at radius 2 is 1.74 bits per heavy atom. The van der Waals surface area contributed by atoms with Crippen LogP contribution in [0.15, 0.2) is 24.3 Å². The van der Waals surface area contributed by atoms with E-state index in [2.05, 4.69) is 34.7 Å². The zero-order valence-electron chi connectivity index (χ0n) is 14.0. The van der Waals surface area contributed by atoms with Crippen LogP contribution in [-0.2, 0) is 14.4 Å². The highest BCUT2D eigenvalue weighted by atomic mass is 16.2. The van der Waals surface area contributed by atoms with Crippen molar-refractivity contribution in [2.75, 3.05) is 30.4 Å². The van der Waals surface area contributed by atoms with Crippen LogP contribution in [0.25, 0.3) is 0 Å². The van der Waals surface area contributed by atoms with Gasteiger partial charge in [-0.3, -0.25) is 14.4 Å². The molecule has 7 heteroatoms. The summed E-state index contributed by atoms with van der Waals surface area (Å²) in [5.41, 5.74) is 1.66. The van der Waals surface area contributed by atoms with Gasteiger partial charge in [0.2, 0.25) is 17.7 Å². The molecular weight excluding hydrogens is 296 g/mol. The molecule has 23 heavy (non-hydrogen) atoms. The second-order valence-corrected chi connectivity index (χ2v) is 5.49. The van der Waals surface area contributed by atoms with Crippen molar-refractivity contribution in [1.29, 1.82) is 0 Å². The average Bonchev–Trinajstić information content (AvgIpc) is 2.50. The van der Waals surface area contributed by atoms with Crippen molar-refractivity contribution in [3.63, 3.8) is 0 Å². The van der Waals surface area contributed by atoms with Crippen molar-refractivity contribution in [1.82, 2.24) is 10.6 Å². The van der Waals surface area contributed by atoms with Gasteiger partial charge in [0.15, 0.2) is 0 Å². The van der Waals surface area contributed by atoms with E-state index in [9.17, 15) is 14.4 Å². The molecule has 0 unspecified atom stereocenters. The summed E-state index contributed by atoms with van der Waals surface area (Å²) in [4.78, 5) is 36.0. The molecule has 0 fully saturated rings. The second-order valence-electron chi connectivity index (χ2n) is 5.49. The Hall–Kier alpha value is -2.57. The van der Waals surface area contributed by atoms with Crippen LogP contribution in [-0.4, -0.2) is 43.9 Å². The monoisotopic (exact) mass is 320 g/mol. The topological polar surface area (TPSA) is 90.5 Å². The summed E-state index contributed by atoms with van der Waals surface area (Å²) >= 11 is 0. The molecule has 0 heterocycles. The van der Waals surface area contributed by atoms with Crippen LogP contribution in [0.4, 0.5) is 11.4 Å². The van der Waals surface area contributed by atoms with Gasteiger partial charge in [-0.1, -0.05) is 6.07 Å². The van der Waals surface area contributed by atoms with E-state index in [1.54, 1.807) is 6.07 Å². The number of nitrogens with zero attached hydrogens (tertiary/aromatic N) is 1. The van der Waals surface area contributed by atoms with Crippen LogP contribution in [0.1, 0.15) is 20.8 Å². The van der Waals surface area contributed by atoms with Crippen LogP contribution < -0.4 is 20.9 Å². The number of amides is 3. The third-order valence-electron chi connectivity index (χ3n) is 3.26. The van der Waals surface area contributed by atoms with Crippen molar-refractivity contribution in [2.45, 2.75) is 26.8 Å². The highest BCUT2D eigenvalue weighted by Crippen LogP contribution is 2.19. The summed E-state index contributed by atoms with van der Waals surface area (Å²) in [6.45, 7) is 5.19. The SMILES string of the molecule is CC(=O)NCC(=O)NCC(=O)Nc1cccc(N(C)C(C)C)c1. The minimum Gasteiger partial charge on any atom is -0.372 e. The van der Waals surface area contributed by atoms with Crippen molar-refractivity contribution >= 4 is 29.1 Å². The molecule has 1 rings (SSSR count). The lowest BCUT2D eigenvalue weighted by atomic mass is 10.2. The van der Waals surface area contributed by atoms with Gasteiger partial charge in [0, 0.05) is 31.4 Å². The lowest BCUT2D eigenvalue weighted by Crippen LogP contribution is -2.39. The Balaban J connectivity index is 2.50. The maximum Gasteiger partial charge on any atom is 0.243 e. The molecule has 1 aromatic rings. The Bertz CT molecular complexity index is 572. The highest BCUT2D eigenvalue weighted by molar-refractivity contribution is 5.95. The van der Waals surface area contributed by atoms with E-state index in [4.69, 9.17) is 0 Å². The number of benzene rings is 1. The number of carbonyl (C=O) groups excluding carboxylic acids is 3. The van der Waals surface area contributed by atoms with Gasteiger partial charge < -0.3 is 20.9 Å². The summed E-state index contributed by atoms with van der Waals surface area (Å²) in [5.74, 6) is -1.04. The van der Waals surface area contributed by atoms with Crippen molar-refractivity contribution in [3.8, 4) is 0 Å². The smallest absolute Gasteiger partial charge is 0.243 e. The zero-order chi connectivity index (χ0) is 17.4. The van der Waals surface area contributed by atoms with E-state index in [-0.39, 0.29) is 24.9 Å². The van der Waals surface area contributed by atoms with Crippen molar-refractivity contribution in [3.05, 3.63) is 24.3 Å². The molecule has 0 aliphatic carbocycles. The number of anilines is 2. The van der Waals surface area contributed by atoms with E-state index < -0.39 is 5.91 Å². The molecule has 3 N–H and O–H groups in total. The van der Waals surface area contributed by atoms with Gasteiger partial charge in [-0.2, -0.15) is 0 Å². The van der Waals surface area contributed by atoms with Gasteiger partial charge in [-0.25, -0.2) is 0 Å². The largest absolute Gasteiger partial charge is 0.372 e. The molecule has 1 aromatic carbocycles. The van der Waals surface area contributed by atoms with E-state index in [0.717, 1.165) is 5.69 Å². The molecule has 0 saturated heterocycles. The molecule has 0 atom stereocenters. The highest BCUT2D eigenvalue weighted by Gasteiger charge is 2.09. The lowest BCUT2D eigenvalue weighted by Gasteiger charge is -2.24. The molecule has 126 valence electrons. The van der Waals surface area contributed by atoms with Gasteiger partial charge >= 0.3 is 0 Å². The first-order chi connectivity index (χ1) is 10.8. The minimum absolute atomic E-state index is 0.142. The molecule has 7 nitrogen and oxygen atoms in total. The normalized spacial score (nSPS) is 10.1. The van der Waals surface area contributed by atoms with Crippen molar-refractivity contribution in [2.24, 2.45) is 0 Å². The first-order valence-electron chi connectivity index (χ1n) is 7.43.